The zero-order chi connectivity index (χ0) is 34.8. The van der Waals surface area contributed by atoms with Crippen molar-refractivity contribution in [1.29, 1.82) is 0 Å². The first kappa shape index (κ1) is 21.6. The molecule has 0 N–H and O–H groups in total. The number of anilines is 3. The van der Waals surface area contributed by atoms with Gasteiger partial charge in [0.25, 0.3) is 0 Å². The molecule has 0 unspecified atom stereocenters. The molecule has 0 spiro atoms. The predicted octanol–water partition coefficient (Wildman–Crippen LogP) is 12.7. The number of nitrogens with zero attached hydrogens (tertiary/aromatic N) is 1. The zero-order valence-corrected chi connectivity index (χ0v) is 24.7. The molecule has 0 aliphatic rings. The van der Waals surface area contributed by atoms with E-state index in [2.05, 4.69) is 60.7 Å². The minimum absolute atomic E-state index is 0.0688. The van der Waals surface area contributed by atoms with Gasteiger partial charge in [-0.15, -0.1) is 0 Å². The van der Waals surface area contributed by atoms with Crippen molar-refractivity contribution in [2.45, 2.75) is 0 Å². The average Bonchev–Trinajstić information content (AvgIpc) is 3.58. The Morgan fingerprint density at radius 1 is 0.478 bits per heavy atom. The van der Waals surface area contributed by atoms with Crippen LogP contribution in [-0.2, 0) is 0 Å². The fraction of sp³-hybridized carbons (Fsp3) is 0. The van der Waals surface area contributed by atoms with Crippen LogP contribution in [0.15, 0.2) is 180 Å². The van der Waals surface area contributed by atoms with Crippen LogP contribution >= 0.6 is 0 Å². The van der Waals surface area contributed by atoms with Gasteiger partial charge in [0, 0.05) is 33.1 Å². The maximum absolute atomic E-state index is 9.11. The van der Waals surface area contributed by atoms with E-state index in [0.29, 0.717) is 11.4 Å². The van der Waals surface area contributed by atoms with Crippen molar-refractivity contribution < 1.29 is 11.3 Å². The van der Waals surface area contributed by atoms with Gasteiger partial charge in [-0.2, -0.15) is 0 Å². The topological polar surface area (TPSA) is 16.4 Å². The summed E-state index contributed by atoms with van der Waals surface area (Å²) in [5.41, 5.74) is 6.59. The van der Waals surface area contributed by atoms with Crippen molar-refractivity contribution in [2.24, 2.45) is 0 Å². The molecule has 0 fully saturated rings. The number of fused-ring (bicyclic) bond motifs is 6. The highest BCUT2D eigenvalue weighted by atomic mass is 16.3. The van der Waals surface area contributed by atoms with Crippen LogP contribution in [0.3, 0.4) is 0 Å². The monoisotopic (exact) mass is 592 g/mol. The molecule has 0 saturated heterocycles. The minimum Gasteiger partial charge on any atom is -0.455 e. The third-order valence-corrected chi connectivity index (χ3v) is 8.72. The van der Waals surface area contributed by atoms with Gasteiger partial charge in [-0.25, -0.2) is 0 Å². The SMILES string of the molecule is [2H]c1c([2H])c([2H])c(N(c2cccc(-c3ccc4ccccc4c3)c2)c2ccccc2-c2cccc3oc4c5ccccc5ccc4c23)c([2H])c1[2H]. The van der Waals surface area contributed by atoms with Crippen LogP contribution in [0, 0.1) is 0 Å². The molecule has 8 aromatic carbocycles. The van der Waals surface area contributed by atoms with Crippen molar-refractivity contribution in [1.82, 2.24) is 0 Å². The van der Waals surface area contributed by atoms with Crippen LogP contribution in [0.1, 0.15) is 6.85 Å². The number of hydrogen-bond acceptors (Lipinski definition) is 2. The molecule has 0 bridgehead atoms. The standard InChI is InChI=1S/C44H29NO/c1-2-16-35(17-3-1)45(36-18-10-15-33(29-36)34-25-24-30-12-4-5-14-32(30)28-34)41-22-9-8-20-38(41)39-21-11-23-42-43(39)40-27-26-31-13-6-7-19-37(31)44(40)46-42/h1-29H/i1D,2D,3D,16D,17D. The molecule has 2 heteroatoms. The lowest BCUT2D eigenvalue weighted by molar-refractivity contribution is 0.673. The molecule has 0 aliphatic carbocycles. The summed E-state index contributed by atoms with van der Waals surface area (Å²) in [5, 5.41) is 6.28. The summed E-state index contributed by atoms with van der Waals surface area (Å²) in [6.45, 7) is 0. The molecule has 1 heterocycles. The molecule has 0 amide bonds. The smallest absolute Gasteiger partial charge is 0.143 e. The lowest BCUT2D eigenvalue weighted by Crippen LogP contribution is -2.11. The van der Waals surface area contributed by atoms with Crippen molar-refractivity contribution in [3.63, 3.8) is 0 Å². The summed E-state index contributed by atoms with van der Waals surface area (Å²) < 4.78 is 50.4. The predicted molar refractivity (Wildman–Crippen MR) is 194 cm³/mol. The summed E-state index contributed by atoms with van der Waals surface area (Å²) in [5.74, 6) is 0. The van der Waals surface area contributed by atoms with E-state index in [4.69, 9.17) is 11.3 Å². The largest absolute Gasteiger partial charge is 0.455 e. The van der Waals surface area contributed by atoms with Crippen molar-refractivity contribution >= 4 is 60.5 Å². The van der Waals surface area contributed by atoms with Crippen LogP contribution in [0.25, 0.3) is 65.7 Å². The Hall–Kier alpha value is -6.12. The van der Waals surface area contributed by atoms with Crippen LogP contribution in [0.2, 0.25) is 0 Å². The molecule has 46 heavy (non-hydrogen) atoms. The lowest BCUT2D eigenvalue weighted by atomic mass is 9.96. The third-order valence-electron chi connectivity index (χ3n) is 8.72. The Kier molecular flexibility index (Phi) is 5.06. The zero-order valence-electron chi connectivity index (χ0n) is 29.7. The maximum Gasteiger partial charge on any atom is 0.143 e. The molecule has 1 aromatic heterocycles. The summed E-state index contributed by atoms with van der Waals surface area (Å²) in [6, 6.07) is 46.8. The van der Waals surface area contributed by atoms with Gasteiger partial charge in [0.05, 0.1) is 12.5 Å². The highest BCUT2D eigenvalue weighted by molar-refractivity contribution is 6.19. The third kappa shape index (κ3) is 4.35. The van der Waals surface area contributed by atoms with Gasteiger partial charge in [0.2, 0.25) is 0 Å². The summed E-state index contributed by atoms with van der Waals surface area (Å²) in [6.07, 6.45) is 0. The highest BCUT2D eigenvalue weighted by Crippen LogP contribution is 2.46. The van der Waals surface area contributed by atoms with Crippen molar-refractivity contribution in [2.75, 3.05) is 4.90 Å². The van der Waals surface area contributed by atoms with E-state index in [1.807, 2.05) is 84.9 Å². The van der Waals surface area contributed by atoms with Gasteiger partial charge in [-0.3, -0.25) is 0 Å². The fourth-order valence-electron chi connectivity index (χ4n) is 6.61. The lowest BCUT2D eigenvalue weighted by Gasteiger charge is -2.28. The summed E-state index contributed by atoms with van der Waals surface area (Å²) in [7, 11) is 0. The Labute approximate surface area is 274 Å². The molecule has 2 nitrogen and oxygen atoms in total. The number of benzene rings is 8. The first-order chi connectivity index (χ1) is 24.9. The average molecular weight is 593 g/mol. The van der Waals surface area contributed by atoms with Crippen molar-refractivity contribution in [3.05, 3.63) is 176 Å². The first-order valence-corrected chi connectivity index (χ1v) is 15.3. The Balaban J connectivity index is 1.32. The molecule has 9 aromatic rings. The van der Waals surface area contributed by atoms with Gasteiger partial charge < -0.3 is 9.32 Å². The van der Waals surface area contributed by atoms with E-state index >= 15 is 0 Å². The van der Waals surface area contributed by atoms with Crippen molar-refractivity contribution in [3.8, 4) is 22.3 Å². The number of para-hydroxylation sites is 2. The number of rotatable bonds is 5. The molecular formula is C44H29NO. The first-order valence-electron chi connectivity index (χ1n) is 17.8. The van der Waals surface area contributed by atoms with Crippen LogP contribution < -0.4 is 4.90 Å². The van der Waals surface area contributed by atoms with Gasteiger partial charge in [-0.05, 0) is 81.3 Å². The van der Waals surface area contributed by atoms with E-state index < -0.39 is 18.1 Å². The normalized spacial score (nSPS) is 13.0. The summed E-state index contributed by atoms with van der Waals surface area (Å²) >= 11 is 0. The Bertz CT molecular complexity index is 2810. The quantitative estimate of drug-likeness (QED) is 0.198. The van der Waals surface area contributed by atoms with E-state index in [1.54, 1.807) is 4.90 Å². The molecular weight excluding hydrogens is 558 g/mol. The Morgan fingerprint density at radius 3 is 2.11 bits per heavy atom. The number of furan rings is 1. The second-order valence-corrected chi connectivity index (χ2v) is 11.4. The van der Waals surface area contributed by atoms with E-state index in [9.17, 15) is 0 Å². The molecule has 0 atom stereocenters. The molecule has 0 radical (unpaired) electrons. The molecule has 0 aliphatic heterocycles. The minimum atomic E-state index is -0.436. The number of hydrogen-bond donors (Lipinski definition) is 0. The molecule has 0 saturated carbocycles. The van der Waals surface area contributed by atoms with Gasteiger partial charge in [0.15, 0.2) is 0 Å². The maximum atomic E-state index is 9.11. The highest BCUT2D eigenvalue weighted by Gasteiger charge is 2.21. The van der Waals surface area contributed by atoms with Crippen LogP contribution in [0.5, 0.6) is 0 Å². The van der Waals surface area contributed by atoms with Gasteiger partial charge >= 0.3 is 0 Å². The van der Waals surface area contributed by atoms with E-state index in [0.717, 1.165) is 65.7 Å². The second-order valence-electron chi connectivity index (χ2n) is 11.4. The fourth-order valence-corrected chi connectivity index (χ4v) is 6.61. The Morgan fingerprint density at radius 2 is 1.20 bits per heavy atom. The molecule has 216 valence electrons. The van der Waals surface area contributed by atoms with Gasteiger partial charge in [-0.1, -0.05) is 127 Å². The second kappa shape index (κ2) is 10.8. The molecule has 9 rings (SSSR count). The van der Waals surface area contributed by atoms with Gasteiger partial charge in [0.1, 0.15) is 11.2 Å². The van der Waals surface area contributed by atoms with E-state index in [1.165, 1.54) is 0 Å². The van der Waals surface area contributed by atoms with Crippen LogP contribution in [-0.4, -0.2) is 0 Å². The summed E-state index contributed by atoms with van der Waals surface area (Å²) in [4.78, 5) is 1.80. The van der Waals surface area contributed by atoms with E-state index in [-0.39, 0.29) is 17.8 Å². The van der Waals surface area contributed by atoms with Crippen LogP contribution in [0.4, 0.5) is 17.1 Å².